The summed E-state index contributed by atoms with van der Waals surface area (Å²) >= 11 is 0. The quantitative estimate of drug-likeness (QED) is 0.390. The van der Waals surface area contributed by atoms with Gasteiger partial charge in [-0.15, -0.1) is 0 Å². The Labute approximate surface area is 157 Å². The Morgan fingerprint density at radius 1 is 1.12 bits per heavy atom. The van der Waals surface area contributed by atoms with Gasteiger partial charge in [-0.2, -0.15) is 0 Å². The number of hydrogen-bond donors (Lipinski definition) is 1. The molecule has 0 radical (unpaired) electrons. The van der Waals surface area contributed by atoms with Crippen LogP contribution < -0.4 is 5.32 Å². The molecular formula is C22H39NOSi. The van der Waals surface area contributed by atoms with Crippen LogP contribution in [0, 0.1) is 0 Å². The summed E-state index contributed by atoms with van der Waals surface area (Å²) in [5, 5.41) is 3.94. The largest absolute Gasteiger partial charge is 0.411 e. The van der Waals surface area contributed by atoms with Gasteiger partial charge in [-0.25, -0.2) is 0 Å². The zero-order valence-corrected chi connectivity index (χ0v) is 18.4. The summed E-state index contributed by atoms with van der Waals surface area (Å²) in [5.41, 5.74) is 1.34. The Bertz CT molecular complexity index is 505. The van der Waals surface area contributed by atoms with Crippen LogP contribution >= 0.6 is 0 Å². The van der Waals surface area contributed by atoms with Crippen molar-refractivity contribution < 1.29 is 4.43 Å². The number of rotatable bonds is 10. The molecule has 0 saturated carbocycles. The molecular weight excluding hydrogens is 322 g/mol. The van der Waals surface area contributed by atoms with Gasteiger partial charge in [0.2, 0.25) is 0 Å². The monoisotopic (exact) mass is 361 g/mol. The topological polar surface area (TPSA) is 21.3 Å². The maximum Gasteiger partial charge on any atom is 0.192 e. The van der Waals surface area contributed by atoms with Crippen molar-refractivity contribution in [1.29, 1.82) is 0 Å². The van der Waals surface area contributed by atoms with E-state index in [4.69, 9.17) is 4.43 Å². The van der Waals surface area contributed by atoms with Crippen LogP contribution in [0.2, 0.25) is 18.1 Å². The summed E-state index contributed by atoms with van der Waals surface area (Å²) in [6.45, 7) is 16.9. The number of nitrogens with one attached hydrogen (secondary N) is 1. The molecule has 0 unspecified atom stereocenters. The number of hydrogen-bond acceptors (Lipinski definition) is 2. The van der Waals surface area contributed by atoms with Crippen LogP contribution in [0.5, 0.6) is 0 Å². The Hall–Kier alpha value is -0.903. The van der Waals surface area contributed by atoms with Crippen molar-refractivity contribution in [3.8, 4) is 0 Å². The minimum atomic E-state index is -1.71. The molecule has 0 fully saturated rings. The van der Waals surface area contributed by atoms with Gasteiger partial charge in [0.25, 0.3) is 0 Å². The highest BCUT2D eigenvalue weighted by Gasteiger charge is 2.38. The van der Waals surface area contributed by atoms with E-state index < -0.39 is 8.32 Å². The fourth-order valence-electron chi connectivity index (χ4n) is 2.51. The predicted octanol–water partition coefficient (Wildman–Crippen LogP) is 6.30. The van der Waals surface area contributed by atoms with Crippen LogP contribution in [0.1, 0.15) is 59.4 Å². The molecule has 2 atom stereocenters. The number of benzene rings is 1. The van der Waals surface area contributed by atoms with E-state index in [1.807, 2.05) is 0 Å². The average Bonchev–Trinajstić information content (AvgIpc) is 2.53. The third-order valence-corrected chi connectivity index (χ3v) is 9.75. The van der Waals surface area contributed by atoms with Gasteiger partial charge in [0.1, 0.15) is 0 Å². The minimum absolute atomic E-state index is 0.170. The molecule has 1 aromatic rings. The third-order valence-electron chi connectivity index (χ3n) is 5.18. The Morgan fingerprint density at radius 3 is 2.32 bits per heavy atom. The molecule has 0 aliphatic carbocycles. The second-order valence-corrected chi connectivity index (χ2v) is 13.3. The van der Waals surface area contributed by atoms with Gasteiger partial charge >= 0.3 is 0 Å². The van der Waals surface area contributed by atoms with Crippen LogP contribution in [-0.2, 0) is 11.0 Å². The fraction of sp³-hybridized carbons (Fsp3) is 0.636. The van der Waals surface area contributed by atoms with E-state index in [-0.39, 0.29) is 11.1 Å². The van der Waals surface area contributed by atoms with Crippen molar-refractivity contribution in [2.75, 3.05) is 0 Å². The zero-order chi connectivity index (χ0) is 18.9. The lowest BCUT2D eigenvalue weighted by molar-refractivity contribution is 0.242. The molecule has 0 bridgehead atoms. The first-order valence-corrected chi connectivity index (χ1v) is 12.7. The standard InChI is InChI=1S/C22H39NOSi/c1-8-9-15-21(23-18-20-13-11-10-12-14-20)17-16-19(2)24-25(6,7)22(3,4)5/h10-14,16-17,19,21,23H,8-9,15,18H2,1-7H3/b17-16+/t19-,21+/m1/s1. The molecule has 1 aromatic carbocycles. The van der Waals surface area contributed by atoms with Gasteiger partial charge in [-0.3, -0.25) is 0 Å². The van der Waals surface area contributed by atoms with Crippen molar-refractivity contribution in [3.63, 3.8) is 0 Å². The van der Waals surface area contributed by atoms with Crippen molar-refractivity contribution in [1.82, 2.24) is 5.32 Å². The van der Waals surface area contributed by atoms with E-state index in [0.717, 1.165) is 6.54 Å². The highest BCUT2D eigenvalue weighted by Crippen LogP contribution is 2.37. The second-order valence-electron chi connectivity index (χ2n) is 8.58. The lowest BCUT2D eigenvalue weighted by Gasteiger charge is -2.38. The van der Waals surface area contributed by atoms with Gasteiger partial charge in [-0.05, 0) is 37.0 Å². The highest BCUT2D eigenvalue weighted by atomic mass is 28.4. The second kappa shape index (κ2) is 10.3. The van der Waals surface area contributed by atoms with Crippen molar-refractivity contribution in [2.45, 2.75) is 90.7 Å². The van der Waals surface area contributed by atoms with Crippen LogP contribution in [-0.4, -0.2) is 20.5 Å². The van der Waals surface area contributed by atoms with Gasteiger partial charge in [0, 0.05) is 12.6 Å². The Morgan fingerprint density at radius 2 is 1.76 bits per heavy atom. The summed E-state index contributed by atoms with van der Waals surface area (Å²) in [6.07, 6.45) is 8.38. The first kappa shape index (κ1) is 22.1. The molecule has 3 heteroatoms. The molecule has 0 heterocycles. The van der Waals surface area contributed by atoms with E-state index >= 15 is 0 Å². The van der Waals surface area contributed by atoms with Crippen LogP contribution in [0.25, 0.3) is 0 Å². The molecule has 2 nitrogen and oxygen atoms in total. The molecule has 0 aromatic heterocycles. The van der Waals surface area contributed by atoms with E-state index in [9.17, 15) is 0 Å². The zero-order valence-electron chi connectivity index (χ0n) is 17.4. The summed E-state index contributed by atoms with van der Waals surface area (Å²) in [7, 11) is -1.71. The van der Waals surface area contributed by atoms with Gasteiger partial charge in [0.15, 0.2) is 8.32 Å². The Balaban J connectivity index is 2.62. The van der Waals surface area contributed by atoms with Crippen LogP contribution in [0.3, 0.4) is 0 Å². The summed E-state index contributed by atoms with van der Waals surface area (Å²) in [4.78, 5) is 0. The minimum Gasteiger partial charge on any atom is -0.411 e. The fourth-order valence-corrected chi connectivity index (χ4v) is 3.87. The first-order chi connectivity index (χ1) is 11.7. The molecule has 0 saturated heterocycles. The van der Waals surface area contributed by atoms with E-state index in [1.165, 1.54) is 24.8 Å². The Kier molecular flexibility index (Phi) is 9.12. The van der Waals surface area contributed by atoms with Gasteiger partial charge < -0.3 is 9.74 Å². The summed E-state index contributed by atoms with van der Waals surface area (Å²) in [5.74, 6) is 0. The smallest absolute Gasteiger partial charge is 0.192 e. The van der Waals surface area contributed by atoms with E-state index in [0.29, 0.717) is 6.04 Å². The summed E-state index contributed by atoms with van der Waals surface area (Å²) < 4.78 is 6.44. The molecule has 142 valence electrons. The summed E-state index contributed by atoms with van der Waals surface area (Å²) in [6, 6.07) is 11.0. The highest BCUT2D eigenvalue weighted by molar-refractivity contribution is 6.74. The first-order valence-electron chi connectivity index (χ1n) is 9.79. The number of unbranched alkanes of at least 4 members (excludes halogenated alkanes) is 1. The normalized spacial score (nSPS) is 15.5. The third kappa shape index (κ3) is 8.35. The molecule has 0 spiro atoms. The molecule has 0 aliphatic heterocycles. The maximum atomic E-state index is 6.44. The maximum absolute atomic E-state index is 6.44. The molecule has 1 rings (SSSR count). The molecule has 0 amide bonds. The molecule has 0 aliphatic rings. The van der Waals surface area contributed by atoms with Crippen LogP contribution in [0.15, 0.2) is 42.5 Å². The lowest BCUT2D eigenvalue weighted by Crippen LogP contribution is -2.43. The van der Waals surface area contributed by atoms with Crippen molar-refractivity contribution in [3.05, 3.63) is 48.0 Å². The van der Waals surface area contributed by atoms with Crippen LogP contribution in [0.4, 0.5) is 0 Å². The lowest BCUT2D eigenvalue weighted by atomic mass is 10.1. The van der Waals surface area contributed by atoms with E-state index in [1.54, 1.807) is 0 Å². The molecule has 1 N–H and O–H groups in total. The van der Waals surface area contributed by atoms with E-state index in [2.05, 4.69) is 95.5 Å². The molecule has 25 heavy (non-hydrogen) atoms. The van der Waals surface area contributed by atoms with Crippen molar-refractivity contribution in [2.24, 2.45) is 0 Å². The van der Waals surface area contributed by atoms with Gasteiger partial charge in [0.05, 0.1) is 6.10 Å². The average molecular weight is 362 g/mol. The van der Waals surface area contributed by atoms with Gasteiger partial charge in [-0.1, -0.05) is 83.0 Å². The predicted molar refractivity (Wildman–Crippen MR) is 113 cm³/mol. The van der Waals surface area contributed by atoms with Crippen molar-refractivity contribution >= 4 is 8.32 Å². The SMILES string of the molecule is CCCC[C@@H](/C=C/[C@@H](C)O[Si](C)(C)C(C)(C)C)NCc1ccccc1.